The van der Waals surface area contributed by atoms with E-state index in [1.54, 1.807) is 26.0 Å². The molecule has 152 valence electrons. The number of nitrogens with zero attached hydrogens (tertiary/aromatic N) is 1. The van der Waals surface area contributed by atoms with Gasteiger partial charge in [-0.15, -0.1) is 0 Å². The van der Waals surface area contributed by atoms with Crippen molar-refractivity contribution >= 4 is 33.2 Å². The van der Waals surface area contributed by atoms with Gasteiger partial charge in [0.25, 0.3) is 0 Å². The van der Waals surface area contributed by atoms with Gasteiger partial charge in [-0.25, -0.2) is 8.42 Å². The minimum atomic E-state index is -4.73. The summed E-state index contributed by atoms with van der Waals surface area (Å²) in [6.07, 6.45) is -4.73. The fraction of sp³-hybridized carbons (Fsp3) is 0.278. The number of para-hydroxylation sites is 1. The number of anilines is 1. The maximum absolute atomic E-state index is 12.9. The number of hydrogen-bond donors (Lipinski definition) is 1. The molecular formula is C18H18ClF3N2O3S. The van der Waals surface area contributed by atoms with Crippen LogP contribution >= 0.6 is 11.6 Å². The number of sulfonamides is 1. The number of hydrogen-bond acceptors (Lipinski definition) is 3. The number of amides is 1. The van der Waals surface area contributed by atoms with Crippen molar-refractivity contribution in [3.05, 3.63) is 58.1 Å². The smallest absolute Gasteiger partial charge is 0.324 e. The third kappa shape index (κ3) is 4.84. The highest BCUT2D eigenvalue weighted by molar-refractivity contribution is 7.89. The minimum Gasteiger partial charge on any atom is -0.324 e. The summed E-state index contributed by atoms with van der Waals surface area (Å²) in [4.78, 5) is 11.6. The standard InChI is InChI=1S/C18H18ClF3N2O3S/c1-11-5-4-6-12(2)17(11)23-16(25)10-24(3)28(26,27)15-9-13(18(20,21)22)7-8-14(15)19/h4-9H,10H2,1-3H3,(H,23,25). The van der Waals surface area contributed by atoms with Crippen molar-refractivity contribution in [1.82, 2.24) is 4.31 Å². The third-order valence-corrected chi connectivity index (χ3v) is 6.34. The molecule has 0 heterocycles. The van der Waals surface area contributed by atoms with Crippen molar-refractivity contribution in [2.45, 2.75) is 24.9 Å². The molecule has 0 aliphatic heterocycles. The first-order chi connectivity index (χ1) is 12.8. The van der Waals surface area contributed by atoms with Gasteiger partial charge in [0.05, 0.1) is 17.1 Å². The van der Waals surface area contributed by atoms with Gasteiger partial charge in [0, 0.05) is 12.7 Å². The topological polar surface area (TPSA) is 66.5 Å². The molecule has 2 aromatic rings. The van der Waals surface area contributed by atoms with E-state index in [4.69, 9.17) is 11.6 Å². The molecule has 2 aromatic carbocycles. The molecule has 2 rings (SSSR count). The highest BCUT2D eigenvalue weighted by Crippen LogP contribution is 2.34. The summed E-state index contributed by atoms with van der Waals surface area (Å²) in [6.45, 7) is 2.97. The van der Waals surface area contributed by atoms with Gasteiger partial charge in [0.15, 0.2) is 0 Å². The van der Waals surface area contributed by atoms with E-state index < -0.39 is 39.1 Å². The van der Waals surface area contributed by atoms with Crippen LogP contribution in [0.25, 0.3) is 0 Å². The first-order valence-corrected chi connectivity index (χ1v) is 9.85. The Hall–Kier alpha value is -2.10. The summed E-state index contributed by atoms with van der Waals surface area (Å²) >= 11 is 5.81. The Bertz CT molecular complexity index is 987. The van der Waals surface area contributed by atoms with Crippen molar-refractivity contribution in [3.63, 3.8) is 0 Å². The monoisotopic (exact) mass is 434 g/mol. The van der Waals surface area contributed by atoms with Gasteiger partial charge in [-0.05, 0) is 43.2 Å². The second-order valence-electron chi connectivity index (χ2n) is 6.22. The minimum absolute atomic E-state index is 0.366. The van der Waals surface area contributed by atoms with Crippen LogP contribution in [0.3, 0.4) is 0 Å². The van der Waals surface area contributed by atoms with Gasteiger partial charge >= 0.3 is 6.18 Å². The van der Waals surface area contributed by atoms with E-state index in [-0.39, 0.29) is 5.02 Å². The van der Waals surface area contributed by atoms with E-state index in [0.717, 1.165) is 24.2 Å². The van der Waals surface area contributed by atoms with Crippen molar-refractivity contribution in [2.75, 3.05) is 18.9 Å². The van der Waals surface area contributed by atoms with Crippen LogP contribution in [-0.2, 0) is 21.0 Å². The van der Waals surface area contributed by atoms with Crippen LogP contribution in [0.2, 0.25) is 5.02 Å². The summed E-state index contributed by atoms with van der Waals surface area (Å²) in [5.41, 5.74) is 0.985. The molecule has 0 saturated heterocycles. The zero-order chi connectivity index (χ0) is 21.3. The summed E-state index contributed by atoms with van der Waals surface area (Å²) in [6, 6.07) is 7.39. The number of rotatable bonds is 5. The Kier molecular flexibility index (Phi) is 6.42. The Morgan fingerprint density at radius 3 is 2.25 bits per heavy atom. The maximum Gasteiger partial charge on any atom is 0.416 e. The predicted octanol–water partition coefficient (Wildman–Crippen LogP) is 4.23. The van der Waals surface area contributed by atoms with Gasteiger partial charge < -0.3 is 5.32 Å². The molecule has 1 N–H and O–H groups in total. The predicted molar refractivity (Wildman–Crippen MR) is 101 cm³/mol. The van der Waals surface area contributed by atoms with E-state index >= 15 is 0 Å². The SMILES string of the molecule is Cc1cccc(C)c1NC(=O)CN(C)S(=O)(=O)c1cc(C(F)(F)F)ccc1Cl. The van der Waals surface area contributed by atoms with Gasteiger partial charge in [-0.2, -0.15) is 17.5 Å². The van der Waals surface area contributed by atoms with Crippen molar-refractivity contribution in [1.29, 1.82) is 0 Å². The van der Waals surface area contributed by atoms with Crippen molar-refractivity contribution in [3.8, 4) is 0 Å². The summed E-state index contributed by atoms with van der Waals surface area (Å²) < 4.78 is 64.7. The lowest BCUT2D eigenvalue weighted by Gasteiger charge is -2.19. The number of carbonyl (C=O) groups is 1. The third-order valence-electron chi connectivity index (χ3n) is 4.06. The van der Waals surface area contributed by atoms with Crippen LogP contribution in [0.4, 0.5) is 18.9 Å². The molecule has 0 bridgehead atoms. The molecule has 0 fully saturated rings. The highest BCUT2D eigenvalue weighted by Gasteiger charge is 2.34. The van der Waals surface area contributed by atoms with Crippen LogP contribution in [-0.4, -0.2) is 32.2 Å². The first kappa shape index (κ1) is 22.2. The molecule has 0 aliphatic rings. The molecule has 5 nitrogen and oxygen atoms in total. The number of alkyl halides is 3. The maximum atomic E-state index is 12.9. The Morgan fingerprint density at radius 2 is 1.71 bits per heavy atom. The number of halogens is 4. The highest BCUT2D eigenvalue weighted by atomic mass is 35.5. The van der Waals surface area contributed by atoms with Crippen molar-refractivity contribution in [2.24, 2.45) is 0 Å². The van der Waals surface area contributed by atoms with Crippen LogP contribution in [0.15, 0.2) is 41.3 Å². The lowest BCUT2D eigenvalue weighted by molar-refractivity contribution is -0.137. The van der Waals surface area contributed by atoms with E-state index in [2.05, 4.69) is 5.32 Å². The molecule has 28 heavy (non-hydrogen) atoms. The second-order valence-corrected chi connectivity index (χ2v) is 8.64. The number of likely N-dealkylation sites (N-methyl/N-ethyl adjacent to an activating group) is 1. The van der Waals surface area contributed by atoms with Gasteiger partial charge in [-0.3, -0.25) is 4.79 Å². The van der Waals surface area contributed by atoms with E-state index in [9.17, 15) is 26.4 Å². The van der Waals surface area contributed by atoms with Crippen molar-refractivity contribution < 1.29 is 26.4 Å². The molecule has 0 spiro atoms. The van der Waals surface area contributed by atoms with Gasteiger partial charge in [-0.1, -0.05) is 29.8 Å². The molecule has 0 atom stereocenters. The molecular weight excluding hydrogens is 417 g/mol. The molecule has 0 saturated carbocycles. The molecule has 0 unspecified atom stereocenters. The van der Waals surface area contributed by atoms with E-state index in [1.165, 1.54) is 0 Å². The Balaban J connectivity index is 2.26. The van der Waals surface area contributed by atoms with Gasteiger partial charge in [0.1, 0.15) is 4.90 Å². The number of carbonyl (C=O) groups excluding carboxylic acids is 1. The second kappa shape index (κ2) is 8.10. The fourth-order valence-corrected chi connectivity index (χ4v) is 4.15. The molecule has 0 aliphatic carbocycles. The Morgan fingerprint density at radius 1 is 1.14 bits per heavy atom. The largest absolute Gasteiger partial charge is 0.416 e. The van der Waals surface area contributed by atoms with E-state index in [1.807, 2.05) is 6.07 Å². The zero-order valence-corrected chi connectivity index (χ0v) is 16.8. The Labute approximate surface area is 166 Å². The normalized spacial score (nSPS) is 12.3. The van der Waals surface area contributed by atoms with Gasteiger partial charge in [0.2, 0.25) is 15.9 Å². The van der Waals surface area contributed by atoms with Crippen LogP contribution in [0.1, 0.15) is 16.7 Å². The average molecular weight is 435 g/mol. The zero-order valence-electron chi connectivity index (χ0n) is 15.3. The number of aryl methyl sites for hydroxylation is 2. The molecule has 10 heteroatoms. The number of nitrogens with one attached hydrogen (secondary N) is 1. The lowest BCUT2D eigenvalue weighted by Crippen LogP contribution is -2.35. The molecule has 0 radical (unpaired) electrons. The summed E-state index contributed by atoms with van der Waals surface area (Å²) in [5, 5.41) is 2.26. The summed E-state index contributed by atoms with van der Waals surface area (Å²) in [5.74, 6) is -0.633. The average Bonchev–Trinajstić information content (AvgIpc) is 2.57. The van der Waals surface area contributed by atoms with Crippen LogP contribution in [0, 0.1) is 13.8 Å². The number of benzene rings is 2. The quantitative estimate of drug-likeness (QED) is 0.765. The first-order valence-electron chi connectivity index (χ1n) is 8.03. The molecule has 0 aromatic heterocycles. The van der Waals surface area contributed by atoms with Crippen LogP contribution in [0.5, 0.6) is 0 Å². The summed E-state index contributed by atoms with van der Waals surface area (Å²) in [7, 11) is -3.33. The lowest BCUT2D eigenvalue weighted by atomic mass is 10.1. The van der Waals surface area contributed by atoms with E-state index in [0.29, 0.717) is 22.1 Å². The molecule has 1 amide bonds. The fourth-order valence-electron chi connectivity index (χ4n) is 2.52. The van der Waals surface area contributed by atoms with Crippen LogP contribution < -0.4 is 5.32 Å².